The van der Waals surface area contributed by atoms with Crippen LogP contribution in [0.3, 0.4) is 0 Å². The van der Waals surface area contributed by atoms with Gasteiger partial charge in [0.1, 0.15) is 11.9 Å². The second-order valence-corrected chi connectivity index (χ2v) is 10.9. The molecule has 6 rings (SSSR count). The molecular weight excluding hydrogens is 469 g/mol. The number of thioether (sulfide) groups is 1. The zero-order valence-corrected chi connectivity index (χ0v) is 20.5. The number of amidine groups is 1. The highest BCUT2D eigenvalue weighted by Crippen LogP contribution is 2.38. The van der Waals surface area contributed by atoms with Gasteiger partial charge in [-0.1, -0.05) is 18.2 Å². The molecule has 0 spiro atoms. The summed E-state index contributed by atoms with van der Waals surface area (Å²) in [6.07, 6.45) is 1.73. The number of imidazole rings is 1. The summed E-state index contributed by atoms with van der Waals surface area (Å²) in [5, 5.41) is 5.38. The number of aromatic nitrogens is 2. The fourth-order valence-corrected chi connectivity index (χ4v) is 6.93. The van der Waals surface area contributed by atoms with Gasteiger partial charge in [0.25, 0.3) is 0 Å². The first-order chi connectivity index (χ1) is 16.3. The van der Waals surface area contributed by atoms with Gasteiger partial charge in [-0.2, -0.15) is 11.8 Å². The minimum Gasteiger partial charge on any atom is -0.345 e. The monoisotopic (exact) mass is 492 g/mol. The van der Waals surface area contributed by atoms with Crippen LogP contribution in [0.25, 0.3) is 21.1 Å². The Morgan fingerprint density at radius 3 is 2.88 bits per heavy atom. The predicted octanol–water partition coefficient (Wildman–Crippen LogP) is 4.66. The van der Waals surface area contributed by atoms with Gasteiger partial charge in [0.2, 0.25) is 0 Å². The lowest BCUT2D eigenvalue weighted by molar-refractivity contribution is 0.311. The molecule has 4 aromatic rings. The van der Waals surface area contributed by atoms with Gasteiger partial charge in [0, 0.05) is 46.4 Å². The number of rotatable bonds is 5. The third kappa shape index (κ3) is 4.14. The molecule has 2 aliphatic rings. The van der Waals surface area contributed by atoms with Gasteiger partial charge in [-0.25, -0.2) is 4.98 Å². The number of aliphatic imine (C=N–C) groups is 1. The van der Waals surface area contributed by atoms with Crippen LogP contribution in [0.1, 0.15) is 10.9 Å². The van der Waals surface area contributed by atoms with Crippen LogP contribution in [0, 0.1) is 0 Å². The number of H-pyrrole nitrogens is 1. The fraction of sp³-hybridized carbons (Fsp3) is 0.292. The molecule has 33 heavy (non-hydrogen) atoms. The van der Waals surface area contributed by atoms with E-state index in [0.29, 0.717) is 5.11 Å². The first kappa shape index (κ1) is 21.1. The summed E-state index contributed by atoms with van der Waals surface area (Å²) in [5.41, 5.74) is 2.98. The molecule has 2 aliphatic heterocycles. The van der Waals surface area contributed by atoms with E-state index in [4.69, 9.17) is 17.2 Å². The van der Waals surface area contributed by atoms with E-state index in [-0.39, 0.29) is 6.04 Å². The number of thiophene rings is 1. The quantitative estimate of drug-likeness (QED) is 0.395. The highest BCUT2D eigenvalue weighted by Gasteiger charge is 2.37. The molecule has 2 saturated heterocycles. The third-order valence-corrected chi connectivity index (χ3v) is 8.58. The van der Waals surface area contributed by atoms with Crippen molar-refractivity contribution >= 4 is 73.1 Å². The lowest BCUT2D eigenvalue weighted by Gasteiger charge is -2.25. The Kier molecular flexibility index (Phi) is 5.79. The second-order valence-electron chi connectivity index (χ2n) is 8.21. The predicted molar refractivity (Wildman–Crippen MR) is 145 cm³/mol. The maximum Gasteiger partial charge on any atom is 0.179 e. The minimum atomic E-state index is -0.0628. The average Bonchev–Trinajstić information content (AvgIpc) is 3.55. The maximum absolute atomic E-state index is 5.83. The summed E-state index contributed by atoms with van der Waals surface area (Å²) in [6.45, 7) is 4.05. The first-order valence-corrected chi connectivity index (χ1v) is 13.5. The van der Waals surface area contributed by atoms with Crippen molar-refractivity contribution in [3.05, 3.63) is 59.7 Å². The van der Waals surface area contributed by atoms with Crippen molar-refractivity contribution in [1.29, 1.82) is 0 Å². The molecule has 1 unspecified atom stereocenters. The van der Waals surface area contributed by atoms with Crippen molar-refractivity contribution < 1.29 is 0 Å². The summed E-state index contributed by atoms with van der Waals surface area (Å²) in [4.78, 5) is 18.6. The Labute approximate surface area is 206 Å². The molecule has 0 radical (unpaired) electrons. The van der Waals surface area contributed by atoms with Gasteiger partial charge < -0.3 is 15.2 Å². The summed E-state index contributed by atoms with van der Waals surface area (Å²) < 4.78 is 1.28. The van der Waals surface area contributed by atoms with Gasteiger partial charge in [0.05, 0.1) is 23.9 Å². The molecule has 168 valence electrons. The van der Waals surface area contributed by atoms with E-state index >= 15 is 0 Å². The normalized spacial score (nSPS) is 20.8. The zero-order chi connectivity index (χ0) is 22.2. The number of hydrogen-bond donors (Lipinski definition) is 2. The number of anilines is 1. The molecule has 2 fully saturated rings. The molecular formula is C24H24N6S3. The van der Waals surface area contributed by atoms with E-state index < -0.39 is 0 Å². The lowest BCUT2D eigenvalue weighted by Crippen LogP contribution is -2.35. The van der Waals surface area contributed by atoms with Crippen LogP contribution in [-0.2, 0) is 0 Å². The number of hydrogen-bond acceptors (Lipinski definition) is 6. The van der Waals surface area contributed by atoms with Gasteiger partial charge in [-0.15, -0.1) is 11.3 Å². The van der Waals surface area contributed by atoms with Crippen molar-refractivity contribution in [2.45, 2.75) is 6.04 Å². The number of fused-ring (bicyclic) bond motifs is 2. The van der Waals surface area contributed by atoms with Crippen LogP contribution in [0.4, 0.5) is 5.69 Å². The summed E-state index contributed by atoms with van der Waals surface area (Å²) in [5.74, 6) is 3.36. The van der Waals surface area contributed by atoms with Crippen molar-refractivity contribution in [3.63, 3.8) is 0 Å². The van der Waals surface area contributed by atoms with E-state index in [0.717, 1.165) is 48.7 Å². The van der Waals surface area contributed by atoms with Crippen LogP contribution < -0.4 is 10.2 Å². The minimum absolute atomic E-state index is 0.0628. The fourth-order valence-electron chi connectivity index (χ4n) is 4.48. The Hall–Kier alpha value is -2.46. The second kappa shape index (κ2) is 9.06. The number of nitrogens with zero attached hydrogens (tertiary/aromatic N) is 4. The van der Waals surface area contributed by atoms with Gasteiger partial charge in [0.15, 0.2) is 5.11 Å². The van der Waals surface area contributed by atoms with Crippen LogP contribution in [0.5, 0.6) is 0 Å². The summed E-state index contributed by atoms with van der Waals surface area (Å²) in [6, 6.07) is 17.0. The van der Waals surface area contributed by atoms with Gasteiger partial charge >= 0.3 is 0 Å². The molecule has 2 aromatic heterocycles. The van der Waals surface area contributed by atoms with E-state index in [2.05, 4.69) is 67.5 Å². The topological polar surface area (TPSA) is 59.6 Å². The Bertz CT molecular complexity index is 1300. The van der Waals surface area contributed by atoms with Crippen molar-refractivity contribution in [2.24, 2.45) is 4.99 Å². The Morgan fingerprint density at radius 1 is 1.12 bits per heavy atom. The Balaban J connectivity index is 1.36. The number of nitrogens with one attached hydrogen (secondary N) is 2. The largest absolute Gasteiger partial charge is 0.345 e. The number of benzene rings is 2. The van der Waals surface area contributed by atoms with Crippen molar-refractivity contribution in [3.8, 4) is 0 Å². The standard InChI is InChI=1S/C24H24N6S3/c31-24-28-23(25-7-8-29-9-11-32-12-10-29)22(21-13-16-3-1-2-4-20(16)33-21)30(24)17-5-6-18-19(14-17)27-15-26-18/h1-6,13-15,22H,7-12H2,(H,26,27)(H,25,28,31). The van der Waals surface area contributed by atoms with Crippen molar-refractivity contribution in [1.82, 2.24) is 20.2 Å². The number of thiocarbonyl (C=S) groups is 1. The lowest BCUT2D eigenvalue weighted by atomic mass is 10.1. The SMILES string of the molecule is S=C1NC(=NCCN2CCSCC2)C(c2cc3ccccc3s2)N1c1ccc2nc[nH]c2c1. The van der Waals surface area contributed by atoms with Crippen LogP contribution in [0.15, 0.2) is 59.9 Å². The van der Waals surface area contributed by atoms with E-state index in [9.17, 15) is 0 Å². The maximum atomic E-state index is 5.83. The molecule has 2 N–H and O–H groups in total. The molecule has 2 aromatic carbocycles. The highest BCUT2D eigenvalue weighted by molar-refractivity contribution is 7.99. The van der Waals surface area contributed by atoms with Crippen LogP contribution in [0.2, 0.25) is 0 Å². The molecule has 6 nitrogen and oxygen atoms in total. The first-order valence-electron chi connectivity index (χ1n) is 11.1. The Morgan fingerprint density at radius 2 is 2.00 bits per heavy atom. The summed E-state index contributed by atoms with van der Waals surface area (Å²) >= 11 is 9.68. The molecule has 0 aliphatic carbocycles. The van der Waals surface area contributed by atoms with Gasteiger partial charge in [-0.3, -0.25) is 9.89 Å². The molecule has 9 heteroatoms. The van der Waals surface area contributed by atoms with Crippen LogP contribution >= 0.6 is 35.3 Å². The zero-order valence-electron chi connectivity index (χ0n) is 18.0. The van der Waals surface area contributed by atoms with Gasteiger partial charge in [-0.05, 0) is 47.9 Å². The van der Waals surface area contributed by atoms with E-state index in [1.807, 2.05) is 29.2 Å². The molecule has 0 amide bonds. The highest BCUT2D eigenvalue weighted by atomic mass is 32.2. The molecule has 0 saturated carbocycles. The van der Waals surface area contributed by atoms with Crippen LogP contribution in [-0.4, -0.2) is 63.5 Å². The van der Waals surface area contributed by atoms with E-state index in [1.54, 1.807) is 6.33 Å². The molecule has 1 atom stereocenters. The number of aromatic amines is 1. The third-order valence-electron chi connectivity index (χ3n) is 6.17. The average molecular weight is 493 g/mol. The van der Waals surface area contributed by atoms with E-state index in [1.165, 1.54) is 26.5 Å². The van der Waals surface area contributed by atoms with Crippen molar-refractivity contribution in [2.75, 3.05) is 42.6 Å². The smallest absolute Gasteiger partial charge is 0.179 e. The summed E-state index contributed by atoms with van der Waals surface area (Å²) in [7, 11) is 0. The molecule has 4 heterocycles. The molecule has 0 bridgehead atoms.